The van der Waals surface area contributed by atoms with Crippen LogP contribution in [-0.2, 0) is 6.67 Å². The summed E-state index contributed by atoms with van der Waals surface area (Å²) in [5, 5.41) is 5.60. The summed E-state index contributed by atoms with van der Waals surface area (Å²) in [6.45, 7) is 5.05. The Labute approximate surface area is 163 Å². The first-order chi connectivity index (χ1) is 12.6. The fourth-order valence-electron chi connectivity index (χ4n) is 3.43. The SMILES string of the molecule is Cc1ccccc1-n1c(-c2ccc(Cl)cc2)nn(CN2CCCC2)c1=S. The number of para-hydroxylation sites is 1. The van der Waals surface area contributed by atoms with E-state index in [1.54, 1.807) is 0 Å². The minimum absolute atomic E-state index is 0.714. The normalized spacial score (nSPS) is 14.8. The fourth-order valence-corrected chi connectivity index (χ4v) is 3.84. The fraction of sp³-hybridized carbons (Fsp3) is 0.300. The van der Waals surface area contributed by atoms with Gasteiger partial charge in [-0.25, -0.2) is 4.68 Å². The first-order valence-corrected chi connectivity index (χ1v) is 9.66. The molecule has 2 aromatic carbocycles. The first kappa shape index (κ1) is 17.5. The van der Waals surface area contributed by atoms with E-state index in [0.29, 0.717) is 5.02 Å². The molecule has 0 radical (unpaired) electrons. The lowest BCUT2D eigenvalue weighted by molar-refractivity contribution is 0.253. The quantitative estimate of drug-likeness (QED) is 0.586. The summed E-state index contributed by atoms with van der Waals surface area (Å²) in [7, 11) is 0. The molecule has 0 N–H and O–H groups in total. The number of aromatic nitrogens is 3. The Morgan fingerprint density at radius 3 is 2.42 bits per heavy atom. The standard InChI is InChI=1S/C20H21ClN4S/c1-15-6-2-3-7-18(15)25-19(16-8-10-17(21)11-9-16)22-24(20(25)26)14-23-12-4-5-13-23/h2-3,6-11H,4-5,12-14H2,1H3. The summed E-state index contributed by atoms with van der Waals surface area (Å²) in [5.41, 5.74) is 3.23. The molecule has 2 heterocycles. The molecule has 4 rings (SSSR count). The molecule has 1 aliphatic rings. The maximum absolute atomic E-state index is 6.07. The molecule has 1 aliphatic heterocycles. The van der Waals surface area contributed by atoms with Crippen LogP contribution in [0.5, 0.6) is 0 Å². The van der Waals surface area contributed by atoms with Crippen LogP contribution in [-0.4, -0.2) is 32.3 Å². The van der Waals surface area contributed by atoms with Gasteiger partial charge in [0.05, 0.1) is 12.4 Å². The van der Waals surface area contributed by atoms with Gasteiger partial charge >= 0.3 is 0 Å². The van der Waals surface area contributed by atoms with Crippen LogP contribution in [0.3, 0.4) is 0 Å². The van der Waals surface area contributed by atoms with Crippen molar-refractivity contribution in [3.8, 4) is 17.1 Å². The molecule has 6 heteroatoms. The van der Waals surface area contributed by atoms with Gasteiger partial charge in [0.25, 0.3) is 0 Å². The Bertz CT molecular complexity index is 968. The molecule has 0 saturated carbocycles. The summed E-state index contributed by atoms with van der Waals surface area (Å²) >= 11 is 11.9. The minimum Gasteiger partial charge on any atom is -0.284 e. The smallest absolute Gasteiger partial charge is 0.204 e. The highest BCUT2D eigenvalue weighted by molar-refractivity contribution is 7.71. The third-order valence-corrected chi connectivity index (χ3v) is 5.48. The molecule has 0 spiro atoms. The maximum Gasteiger partial charge on any atom is 0.204 e. The van der Waals surface area contributed by atoms with Crippen molar-refractivity contribution < 1.29 is 0 Å². The number of benzene rings is 2. The maximum atomic E-state index is 6.07. The number of likely N-dealkylation sites (tertiary alicyclic amines) is 1. The largest absolute Gasteiger partial charge is 0.284 e. The lowest BCUT2D eigenvalue weighted by Gasteiger charge is -2.13. The van der Waals surface area contributed by atoms with Crippen molar-refractivity contribution in [1.82, 2.24) is 19.2 Å². The van der Waals surface area contributed by atoms with E-state index in [9.17, 15) is 0 Å². The van der Waals surface area contributed by atoms with Gasteiger partial charge in [-0.3, -0.25) is 9.47 Å². The van der Waals surface area contributed by atoms with Crippen LogP contribution < -0.4 is 0 Å². The molecule has 0 atom stereocenters. The summed E-state index contributed by atoms with van der Waals surface area (Å²) in [6, 6.07) is 16.0. The van der Waals surface area contributed by atoms with Gasteiger partial charge in [0.1, 0.15) is 0 Å². The monoisotopic (exact) mass is 384 g/mol. The minimum atomic E-state index is 0.714. The van der Waals surface area contributed by atoms with Crippen LogP contribution in [0.2, 0.25) is 5.02 Å². The number of rotatable bonds is 4. The number of nitrogens with zero attached hydrogens (tertiary/aromatic N) is 4. The molecule has 134 valence electrons. The van der Waals surface area contributed by atoms with E-state index < -0.39 is 0 Å². The molecule has 1 saturated heterocycles. The Hall–Kier alpha value is -1.95. The number of aryl methyl sites for hydroxylation is 1. The third-order valence-electron chi connectivity index (χ3n) is 4.83. The number of hydrogen-bond donors (Lipinski definition) is 0. The topological polar surface area (TPSA) is 26.0 Å². The van der Waals surface area contributed by atoms with Crippen molar-refractivity contribution in [2.24, 2.45) is 0 Å². The second-order valence-electron chi connectivity index (χ2n) is 6.70. The lowest BCUT2D eigenvalue weighted by Crippen LogP contribution is -2.23. The molecule has 0 amide bonds. The lowest BCUT2D eigenvalue weighted by atomic mass is 10.1. The van der Waals surface area contributed by atoms with Crippen molar-refractivity contribution in [2.75, 3.05) is 13.1 Å². The zero-order valence-corrected chi connectivity index (χ0v) is 16.3. The van der Waals surface area contributed by atoms with Gasteiger partial charge in [-0.1, -0.05) is 29.8 Å². The molecular formula is C20H21ClN4S. The molecule has 1 fully saturated rings. The summed E-state index contributed by atoms with van der Waals surface area (Å²) in [6.07, 6.45) is 2.49. The molecule has 26 heavy (non-hydrogen) atoms. The zero-order valence-electron chi connectivity index (χ0n) is 14.7. The first-order valence-electron chi connectivity index (χ1n) is 8.87. The average molecular weight is 385 g/mol. The predicted molar refractivity (Wildman–Crippen MR) is 108 cm³/mol. The molecule has 3 aromatic rings. The van der Waals surface area contributed by atoms with Gasteiger partial charge in [-0.05, 0) is 81.0 Å². The highest BCUT2D eigenvalue weighted by atomic mass is 35.5. The van der Waals surface area contributed by atoms with Gasteiger partial charge in [0.2, 0.25) is 4.77 Å². The van der Waals surface area contributed by atoms with Crippen LogP contribution in [0.15, 0.2) is 48.5 Å². The Morgan fingerprint density at radius 1 is 1.04 bits per heavy atom. The summed E-state index contributed by atoms with van der Waals surface area (Å²) < 4.78 is 4.73. The summed E-state index contributed by atoms with van der Waals surface area (Å²) in [4.78, 5) is 2.40. The van der Waals surface area contributed by atoms with Gasteiger partial charge in [-0.15, -0.1) is 5.10 Å². The van der Waals surface area contributed by atoms with Crippen LogP contribution in [0, 0.1) is 11.7 Å². The van der Waals surface area contributed by atoms with E-state index in [1.807, 2.05) is 41.1 Å². The van der Waals surface area contributed by atoms with Crippen LogP contribution in [0.1, 0.15) is 18.4 Å². The number of halogens is 1. The Kier molecular flexibility index (Phi) is 4.94. The van der Waals surface area contributed by atoms with Gasteiger partial charge < -0.3 is 0 Å². The molecular weight excluding hydrogens is 364 g/mol. The molecule has 1 aromatic heterocycles. The van der Waals surface area contributed by atoms with Gasteiger partial charge in [0.15, 0.2) is 5.82 Å². The van der Waals surface area contributed by atoms with E-state index >= 15 is 0 Å². The van der Waals surface area contributed by atoms with E-state index in [4.69, 9.17) is 28.9 Å². The third kappa shape index (κ3) is 3.34. The second-order valence-corrected chi connectivity index (χ2v) is 7.50. The molecule has 4 nitrogen and oxygen atoms in total. The average Bonchev–Trinajstić information content (AvgIpc) is 3.26. The van der Waals surface area contributed by atoms with Crippen molar-refractivity contribution >= 4 is 23.8 Å². The van der Waals surface area contributed by atoms with Gasteiger partial charge in [0, 0.05) is 10.6 Å². The van der Waals surface area contributed by atoms with Crippen LogP contribution in [0.25, 0.3) is 17.1 Å². The molecule has 0 unspecified atom stereocenters. The molecule has 0 aliphatic carbocycles. The predicted octanol–water partition coefficient (Wildman–Crippen LogP) is 5.09. The second kappa shape index (κ2) is 7.35. The van der Waals surface area contributed by atoms with Crippen LogP contribution in [0.4, 0.5) is 0 Å². The zero-order chi connectivity index (χ0) is 18.1. The van der Waals surface area contributed by atoms with Crippen molar-refractivity contribution in [3.05, 3.63) is 63.9 Å². The highest BCUT2D eigenvalue weighted by Crippen LogP contribution is 2.26. The Morgan fingerprint density at radius 2 is 1.73 bits per heavy atom. The van der Waals surface area contributed by atoms with Crippen molar-refractivity contribution in [3.63, 3.8) is 0 Å². The Balaban J connectivity index is 1.86. The van der Waals surface area contributed by atoms with Crippen molar-refractivity contribution in [2.45, 2.75) is 26.4 Å². The van der Waals surface area contributed by atoms with E-state index in [1.165, 1.54) is 18.4 Å². The van der Waals surface area contributed by atoms with E-state index in [2.05, 4.69) is 28.5 Å². The summed E-state index contributed by atoms with van der Waals surface area (Å²) in [5.74, 6) is 0.847. The number of hydrogen-bond acceptors (Lipinski definition) is 3. The van der Waals surface area contributed by atoms with Crippen molar-refractivity contribution in [1.29, 1.82) is 0 Å². The van der Waals surface area contributed by atoms with Gasteiger partial charge in [-0.2, -0.15) is 0 Å². The van der Waals surface area contributed by atoms with E-state index in [0.717, 1.165) is 41.6 Å². The molecule has 0 bridgehead atoms. The van der Waals surface area contributed by atoms with E-state index in [-0.39, 0.29) is 0 Å². The highest BCUT2D eigenvalue weighted by Gasteiger charge is 2.18. The van der Waals surface area contributed by atoms with Crippen LogP contribution >= 0.6 is 23.8 Å².